The van der Waals surface area contributed by atoms with Gasteiger partial charge in [-0.15, -0.1) is 11.3 Å². The predicted molar refractivity (Wildman–Crippen MR) is 67.9 cm³/mol. The summed E-state index contributed by atoms with van der Waals surface area (Å²) >= 11 is 4.82. The number of carbonyl (C=O) groups excluding carboxylic acids is 1. The molecule has 0 atom stereocenters. The fourth-order valence-corrected chi connectivity index (χ4v) is 2.68. The van der Waals surface area contributed by atoms with Crippen molar-refractivity contribution in [3.63, 3.8) is 0 Å². The lowest BCUT2D eigenvalue weighted by atomic mass is 10.3. The average Bonchev–Trinajstić information content (AvgIpc) is 2.76. The van der Waals surface area contributed by atoms with E-state index in [1.54, 1.807) is 24.0 Å². The Balaban J connectivity index is 2.18. The zero-order valence-electron chi connectivity index (χ0n) is 8.82. The first-order chi connectivity index (χ1) is 7.58. The molecule has 2 rings (SSSR count). The van der Waals surface area contributed by atoms with Gasteiger partial charge in [0.25, 0.3) is 5.91 Å². The van der Waals surface area contributed by atoms with Crippen molar-refractivity contribution in [3.8, 4) is 0 Å². The second kappa shape index (κ2) is 4.39. The third-order valence-corrected chi connectivity index (χ3v) is 4.28. The molecule has 0 aliphatic heterocycles. The third kappa shape index (κ3) is 2.17. The number of nitrogens with one attached hydrogen (secondary N) is 1. The van der Waals surface area contributed by atoms with E-state index in [2.05, 4.69) is 26.3 Å². The van der Waals surface area contributed by atoms with Crippen molar-refractivity contribution in [2.75, 3.05) is 5.32 Å². The van der Waals surface area contributed by atoms with Crippen molar-refractivity contribution in [2.45, 2.75) is 6.92 Å². The molecular formula is C10H10BrN3OS. The molecule has 4 nitrogen and oxygen atoms in total. The molecule has 1 amide bonds. The number of carbonyl (C=O) groups is 1. The molecule has 0 aromatic carbocycles. The van der Waals surface area contributed by atoms with E-state index in [4.69, 9.17) is 0 Å². The Morgan fingerprint density at radius 1 is 1.62 bits per heavy atom. The fourth-order valence-electron chi connectivity index (χ4n) is 1.25. The van der Waals surface area contributed by atoms with Crippen molar-refractivity contribution < 1.29 is 4.79 Å². The summed E-state index contributed by atoms with van der Waals surface area (Å²) < 4.78 is 2.61. The van der Waals surface area contributed by atoms with Gasteiger partial charge in [0.15, 0.2) is 0 Å². The second-order valence-corrected chi connectivity index (χ2v) is 5.73. The fraction of sp³-hybridized carbons (Fsp3) is 0.200. The number of thiophene rings is 1. The smallest absolute Gasteiger partial charge is 0.266 e. The van der Waals surface area contributed by atoms with Crippen LogP contribution >= 0.6 is 27.3 Å². The summed E-state index contributed by atoms with van der Waals surface area (Å²) in [6.07, 6.45) is 1.64. The first-order valence-electron chi connectivity index (χ1n) is 4.63. The highest BCUT2D eigenvalue weighted by Gasteiger charge is 2.12. The number of aryl methyl sites for hydroxylation is 2. The molecule has 16 heavy (non-hydrogen) atoms. The molecule has 0 radical (unpaired) electrons. The third-order valence-electron chi connectivity index (χ3n) is 2.14. The van der Waals surface area contributed by atoms with Crippen molar-refractivity contribution in [1.82, 2.24) is 9.78 Å². The molecule has 0 saturated carbocycles. The Hall–Kier alpha value is -1.14. The quantitative estimate of drug-likeness (QED) is 0.927. The van der Waals surface area contributed by atoms with Crippen LogP contribution in [0.4, 0.5) is 5.82 Å². The van der Waals surface area contributed by atoms with Gasteiger partial charge in [-0.1, -0.05) is 0 Å². The number of rotatable bonds is 2. The predicted octanol–water partition coefficient (Wildman–Crippen LogP) is 2.80. The summed E-state index contributed by atoms with van der Waals surface area (Å²) in [5.41, 5.74) is 1.07. The molecule has 2 aromatic rings. The summed E-state index contributed by atoms with van der Waals surface area (Å²) in [5.74, 6) is 0.578. The molecule has 0 bridgehead atoms. The molecule has 1 N–H and O–H groups in total. The number of anilines is 1. The van der Waals surface area contributed by atoms with Crippen LogP contribution in [0.1, 0.15) is 15.2 Å². The molecule has 2 heterocycles. The Bertz CT molecular complexity index is 512. The zero-order valence-corrected chi connectivity index (χ0v) is 11.2. The average molecular weight is 300 g/mol. The molecule has 0 saturated heterocycles. The van der Waals surface area contributed by atoms with Gasteiger partial charge < -0.3 is 5.32 Å². The van der Waals surface area contributed by atoms with E-state index in [1.165, 1.54) is 11.3 Å². The van der Waals surface area contributed by atoms with Crippen LogP contribution in [0.5, 0.6) is 0 Å². The van der Waals surface area contributed by atoms with Gasteiger partial charge in [0, 0.05) is 13.1 Å². The van der Waals surface area contributed by atoms with Gasteiger partial charge in [-0.25, -0.2) is 0 Å². The Labute approximate surface area is 105 Å². The van der Waals surface area contributed by atoms with Gasteiger partial charge in [0.1, 0.15) is 5.82 Å². The highest BCUT2D eigenvalue weighted by atomic mass is 79.9. The number of hydrogen-bond donors (Lipinski definition) is 1. The maximum absolute atomic E-state index is 11.9. The Morgan fingerprint density at radius 3 is 2.88 bits per heavy atom. The minimum Gasteiger partial charge on any atom is -0.306 e. The molecule has 84 valence electrons. The largest absolute Gasteiger partial charge is 0.306 e. The van der Waals surface area contributed by atoms with E-state index >= 15 is 0 Å². The summed E-state index contributed by atoms with van der Waals surface area (Å²) in [4.78, 5) is 12.6. The molecule has 6 heteroatoms. The number of halogens is 1. The summed E-state index contributed by atoms with van der Waals surface area (Å²) in [6.45, 7) is 1.96. The highest BCUT2D eigenvalue weighted by Crippen LogP contribution is 2.27. The standard InChI is InChI=1S/C10H10BrN3OS/c1-6-5-7(16-9(6)11)10(15)13-8-3-4-12-14(8)2/h3-5H,1-2H3,(H,13,15). The number of hydrogen-bond acceptors (Lipinski definition) is 3. The molecule has 2 aromatic heterocycles. The van der Waals surface area contributed by atoms with Gasteiger partial charge in [-0.05, 0) is 34.5 Å². The number of amides is 1. The van der Waals surface area contributed by atoms with E-state index < -0.39 is 0 Å². The van der Waals surface area contributed by atoms with E-state index in [1.807, 2.05) is 13.0 Å². The van der Waals surface area contributed by atoms with Gasteiger partial charge in [0.2, 0.25) is 0 Å². The van der Waals surface area contributed by atoms with E-state index in [-0.39, 0.29) is 5.91 Å². The van der Waals surface area contributed by atoms with Crippen LogP contribution in [0, 0.1) is 6.92 Å². The van der Waals surface area contributed by atoms with Crippen LogP contribution in [0.15, 0.2) is 22.1 Å². The zero-order chi connectivity index (χ0) is 11.7. The maximum atomic E-state index is 11.9. The SMILES string of the molecule is Cc1cc(C(=O)Nc2ccnn2C)sc1Br. The molecular weight excluding hydrogens is 290 g/mol. The lowest BCUT2D eigenvalue weighted by Gasteiger charge is -2.02. The molecule has 0 fully saturated rings. The second-order valence-electron chi connectivity index (χ2n) is 3.36. The maximum Gasteiger partial charge on any atom is 0.266 e. The summed E-state index contributed by atoms with van der Waals surface area (Å²) in [5, 5.41) is 6.78. The van der Waals surface area contributed by atoms with Gasteiger partial charge in [-0.3, -0.25) is 9.48 Å². The van der Waals surface area contributed by atoms with Crippen molar-refractivity contribution >= 4 is 39.0 Å². The Kier molecular flexibility index (Phi) is 3.11. The minimum absolute atomic E-state index is 0.109. The van der Waals surface area contributed by atoms with Gasteiger partial charge >= 0.3 is 0 Å². The molecule has 0 aliphatic rings. The van der Waals surface area contributed by atoms with E-state index in [0.717, 1.165) is 9.35 Å². The minimum atomic E-state index is -0.109. The molecule has 0 unspecified atom stereocenters. The van der Waals surface area contributed by atoms with Gasteiger partial charge in [-0.2, -0.15) is 5.10 Å². The molecule has 0 spiro atoms. The van der Waals surface area contributed by atoms with Crippen LogP contribution in [0.3, 0.4) is 0 Å². The van der Waals surface area contributed by atoms with Crippen LogP contribution in [-0.2, 0) is 7.05 Å². The van der Waals surface area contributed by atoms with Crippen molar-refractivity contribution in [2.24, 2.45) is 7.05 Å². The number of aromatic nitrogens is 2. The monoisotopic (exact) mass is 299 g/mol. The lowest BCUT2D eigenvalue weighted by molar-refractivity contribution is 0.102. The van der Waals surface area contributed by atoms with Gasteiger partial charge in [0.05, 0.1) is 14.9 Å². The van der Waals surface area contributed by atoms with Crippen LogP contribution in [-0.4, -0.2) is 15.7 Å². The van der Waals surface area contributed by atoms with E-state index in [9.17, 15) is 4.79 Å². The summed E-state index contributed by atoms with van der Waals surface area (Å²) in [6, 6.07) is 3.62. The highest BCUT2D eigenvalue weighted by molar-refractivity contribution is 9.11. The number of nitrogens with zero attached hydrogens (tertiary/aromatic N) is 2. The van der Waals surface area contributed by atoms with Crippen LogP contribution < -0.4 is 5.32 Å². The first kappa shape index (κ1) is 11.3. The normalized spacial score (nSPS) is 10.4. The molecule has 0 aliphatic carbocycles. The first-order valence-corrected chi connectivity index (χ1v) is 6.24. The van der Waals surface area contributed by atoms with E-state index in [0.29, 0.717) is 10.7 Å². The van der Waals surface area contributed by atoms with Crippen LogP contribution in [0.2, 0.25) is 0 Å². The van der Waals surface area contributed by atoms with Crippen LogP contribution in [0.25, 0.3) is 0 Å². The lowest BCUT2D eigenvalue weighted by Crippen LogP contribution is -2.13. The summed E-state index contributed by atoms with van der Waals surface area (Å²) in [7, 11) is 1.78. The Morgan fingerprint density at radius 2 is 2.38 bits per heavy atom. The topological polar surface area (TPSA) is 46.9 Å². The van der Waals surface area contributed by atoms with Crippen molar-refractivity contribution in [1.29, 1.82) is 0 Å². The van der Waals surface area contributed by atoms with Crippen molar-refractivity contribution in [3.05, 3.63) is 32.6 Å².